The van der Waals surface area contributed by atoms with E-state index in [0.29, 0.717) is 17.7 Å². The first-order chi connectivity index (χ1) is 10.1. The zero-order valence-corrected chi connectivity index (χ0v) is 12.4. The molecule has 1 aromatic carbocycles. The predicted molar refractivity (Wildman–Crippen MR) is 78.3 cm³/mol. The van der Waals surface area contributed by atoms with Crippen molar-refractivity contribution in [3.8, 4) is 5.75 Å². The molecule has 0 aliphatic heterocycles. The summed E-state index contributed by atoms with van der Waals surface area (Å²) < 4.78 is 18.9. The lowest BCUT2D eigenvalue weighted by atomic mass is 9.96. The van der Waals surface area contributed by atoms with E-state index in [0.717, 1.165) is 17.0 Å². The third-order valence-electron chi connectivity index (χ3n) is 3.34. The standard InChI is InChI=1S/C15H19FN4O/c1-4-13-11(7-9(2)19-20-13)15(18-17)12-8-10(16)5-6-14(12)21-3/h5-8,15,18H,4,17H2,1-3H3. The number of nitrogens with zero attached hydrogens (tertiary/aromatic N) is 2. The van der Waals surface area contributed by atoms with Gasteiger partial charge in [-0.15, -0.1) is 0 Å². The number of ether oxygens (including phenoxy) is 1. The Balaban J connectivity index is 2.59. The second kappa shape index (κ2) is 6.60. The molecule has 2 aromatic rings. The largest absolute Gasteiger partial charge is 0.496 e. The average Bonchev–Trinajstić information content (AvgIpc) is 2.48. The highest BCUT2D eigenvalue weighted by atomic mass is 19.1. The lowest BCUT2D eigenvalue weighted by Gasteiger charge is -2.21. The Bertz CT molecular complexity index is 580. The molecule has 1 heterocycles. The maximum Gasteiger partial charge on any atom is 0.124 e. The fraction of sp³-hybridized carbons (Fsp3) is 0.333. The van der Waals surface area contributed by atoms with Crippen LogP contribution in [-0.4, -0.2) is 17.3 Å². The molecule has 0 bridgehead atoms. The normalized spacial score (nSPS) is 12.2. The topological polar surface area (TPSA) is 73.1 Å². The molecule has 3 N–H and O–H groups in total. The summed E-state index contributed by atoms with van der Waals surface area (Å²) in [7, 11) is 1.54. The monoisotopic (exact) mass is 290 g/mol. The summed E-state index contributed by atoms with van der Waals surface area (Å²) in [5, 5.41) is 8.25. The van der Waals surface area contributed by atoms with Crippen LogP contribution >= 0.6 is 0 Å². The number of nitrogens with one attached hydrogen (secondary N) is 1. The van der Waals surface area contributed by atoms with Crippen molar-refractivity contribution in [1.82, 2.24) is 15.6 Å². The van der Waals surface area contributed by atoms with Crippen LogP contribution in [0.15, 0.2) is 24.3 Å². The maximum atomic E-state index is 13.6. The number of halogens is 1. The quantitative estimate of drug-likeness (QED) is 0.651. The highest BCUT2D eigenvalue weighted by Gasteiger charge is 2.21. The van der Waals surface area contributed by atoms with E-state index >= 15 is 0 Å². The Hall–Kier alpha value is -2.05. The van der Waals surface area contributed by atoms with Crippen LogP contribution in [0.2, 0.25) is 0 Å². The van der Waals surface area contributed by atoms with Gasteiger partial charge in [0.05, 0.1) is 24.5 Å². The second-order valence-corrected chi connectivity index (χ2v) is 4.73. The zero-order valence-electron chi connectivity index (χ0n) is 12.4. The van der Waals surface area contributed by atoms with E-state index in [2.05, 4.69) is 15.6 Å². The van der Waals surface area contributed by atoms with Gasteiger partial charge in [0.2, 0.25) is 0 Å². The molecule has 0 spiro atoms. The van der Waals surface area contributed by atoms with Gasteiger partial charge in [-0.3, -0.25) is 5.84 Å². The van der Waals surface area contributed by atoms with Crippen LogP contribution in [0.4, 0.5) is 4.39 Å². The molecular formula is C15H19FN4O. The van der Waals surface area contributed by atoms with E-state index in [1.165, 1.54) is 12.1 Å². The Morgan fingerprint density at radius 1 is 1.29 bits per heavy atom. The van der Waals surface area contributed by atoms with E-state index in [1.807, 2.05) is 19.9 Å². The summed E-state index contributed by atoms with van der Waals surface area (Å²) in [6.07, 6.45) is 0.707. The van der Waals surface area contributed by atoms with Gasteiger partial charge in [0.25, 0.3) is 0 Å². The van der Waals surface area contributed by atoms with Crippen LogP contribution in [0.1, 0.15) is 35.5 Å². The minimum absolute atomic E-state index is 0.345. The van der Waals surface area contributed by atoms with Gasteiger partial charge in [0.1, 0.15) is 11.6 Å². The van der Waals surface area contributed by atoms with Crippen molar-refractivity contribution < 1.29 is 9.13 Å². The SMILES string of the molecule is CCc1nnc(C)cc1C(NN)c1cc(F)ccc1OC. The number of aromatic nitrogens is 2. The Labute approximate surface area is 123 Å². The Morgan fingerprint density at radius 3 is 2.67 bits per heavy atom. The Morgan fingerprint density at radius 2 is 2.05 bits per heavy atom. The van der Waals surface area contributed by atoms with Gasteiger partial charge >= 0.3 is 0 Å². The zero-order chi connectivity index (χ0) is 15.4. The number of nitrogens with two attached hydrogens (primary N) is 1. The van der Waals surface area contributed by atoms with E-state index < -0.39 is 6.04 Å². The van der Waals surface area contributed by atoms with Crippen LogP contribution < -0.4 is 16.0 Å². The maximum absolute atomic E-state index is 13.6. The van der Waals surface area contributed by atoms with Gasteiger partial charge in [-0.2, -0.15) is 10.2 Å². The number of hydrogen-bond acceptors (Lipinski definition) is 5. The van der Waals surface area contributed by atoms with E-state index in [1.54, 1.807) is 13.2 Å². The molecule has 0 aliphatic rings. The lowest BCUT2D eigenvalue weighted by molar-refractivity contribution is 0.402. The molecular weight excluding hydrogens is 271 g/mol. The van der Waals surface area contributed by atoms with Crippen molar-refractivity contribution >= 4 is 0 Å². The molecule has 0 aliphatic carbocycles. The van der Waals surface area contributed by atoms with Gasteiger partial charge in [0.15, 0.2) is 0 Å². The predicted octanol–water partition coefficient (Wildman–Crippen LogP) is 2.05. The van der Waals surface area contributed by atoms with Crippen LogP contribution in [0.25, 0.3) is 0 Å². The molecule has 112 valence electrons. The molecule has 0 radical (unpaired) electrons. The fourth-order valence-corrected chi connectivity index (χ4v) is 2.34. The van der Waals surface area contributed by atoms with Gasteiger partial charge in [0, 0.05) is 11.1 Å². The van der Waals surface area contributed by atoms with Crippen molar-refractivity contribution in [2.24, 2.45) is 5.84 Å². The first-order valence-electron chi connectivity index (χ1n) is 6.73. The summed E-state index contributed by atoms with van der Waals surface area (Å²) in [6, 6.07) is 5.84. The summed E-state index contributed by atoms with van der Waals surface area (Å²) in [4.78, 5) is 0. The molecule has 0 amide bonds. The number of hydrazine groups is 1. The first-order valence-corrected chi connectivity index (χ1v) is 6.73. The third kappa shape index (κ3) is 3.17. The molecule has 0 saturated carbocycles. The molecule has 0 saturated heterocycles. The van der Waals surface area contributed by atoms with Crippen LogP contribution in [0, 0.1) is 12.7 Å². The average molecular weight is 290 g/mol. The highest BCUT2D eigenvalue weighted by molar-refractivity contribution is 5.43. The summed E-state index contributed by atoms with van der Waals surface area (Å²) in [6.45, 7) is 3.84. The molecule has 1 atom stereocenters. The smallest absolute Gasteiger partial charge is 0.124 e. The molecule has 2 rings (SSSR count). The first kappa shape index (κ1) is 15.3. The van der Waals surface area contributed by atoms with Gasteiger partial charge in [-0.05, 0) is 37.6 Å². The van der Waals surface area contributed by atoms with Gasteiger partial charge < -0.3 is 4.74 Å². The third-order valence-corrected chi connectivity index (χ3v) is 3.34. The molecule has 5 nitrogen and oxygen atoms in total. The van der Waals surface area contributed by atoms with E-state index in [4.69, 9.17) is 10.6 Å². The lowest BCUT2D eigenvalue weighted by Crippen LogP contribution is -2.30. The van der Waals surface area contributed by atoms with Crippen molar-refractivity contribution in [1.29, 1.82) is 0 Å². The summed E-state index contributed by atoms with van der Waals surface area (Å²) >= 11 is 0. The molecule has 6 heteroatoms. The Kier molecular flexibility index (Phi) is 4.82. The van der Waals surface area contributed by atoms with Crippen molar-refractivity contribution in [3.05, 3.63) is 52.6 Å². The molecule has 21 heavy (non-hydrogen) atoms. The molecule has 0 fully saturated rings. The van der Waals surface area contributed by atoms with Crippen molar-refractivity contribution in [3.63, 3.8) is 0 Å². The second-order valence-electron chi connectivity index (χ2n) is 4.73. The van der Waals surface area contributed by atoms with Gasteiger partial charge in [-0.25, -0.2) is 9.82 Å². The van der Waals surface area contributed by atoms with Crippen LogP contribution in [0.5, 0.6) is 5.75 Å². The minimum atomic E-state index is -0.417. The number of methoxy groups -OCH3 is 1. The van der Waals surface area contributed by atoms with Crippen LogP contribution in [-0.2, 0) is 6.42 Å². The fourth-order valence-electron chi connectivity index (χ4n) is 2.34. The highest BCUT2D eigenvalue weighted by Crippen LogP contribution is 2.31. The number of benzene rings is 1. The number of hydrogen-bond donors (Lipinski definition) is 2. The summed E-state index contributed by atoms with van der Waals surface area (Å²) in [5.74, 6) is 5.93. The number of rotatable bonds is 5. The minimum Gasteiger partial charge on any atom is -0.496 e. The number of aryl methyl sites for hydroxylation is 2. The molecule has 1 aromatic heterocycles. The van der Waals surface area contributed by atoms with Crippen LogP contribution in [0.3, 0.4) is 0 Å². The van der Waals surface area contributed by atoms with Gasteiger partial charge in [-0.1, -0.05) is 6.92 Å². The van der Waals surface area contributed by atoms with Crippen molar-refractivity contribution in [2.75, 3.05) is 7.11 Å². The van der Waals surface area contributed by atoms with Crippen molar-refractivity contribution in [2.45, 2.75) is 26.3 Å². The molecule has 1 unspecified atom stereocenters. The summed E-state index contributed by atoms with van der Waals surface area (Å²) in [5.41, 5.74) is 5.81. The van der Waals surface area contributed by atoms with E-state index in [-0.39, 0.29) is 5.82 Å². The van der Waals surface area contributed by atoms with E-state index in [9.17, 15) is 4.39 Å².